The number of nitrogen functional groups attached to an aromatic ring is 1. The van der Waals surface area contributed by atoms with Crippen LogP contribution in [-0.2, 0) is 4.74 Å². The number of hydrogen-bond acceptors (Lipinski definition) is 7. The van der Waals surface area contributed by atoms with Crippen molar-refractivity contribution in [3.05, 3.63) is 42.0 Å². The van der Waals surface area contributed by atoms with Gasteiger partial charge in [0.05, 0.1) is 11.7 Å². The first-order valence-corrected chi connectivity index (χ1v) is 7.92. The smallest absolute Gasteiger partial charge is 0.272 e. The van der Waals surface area contributed by atoms with Crippen molar-refractivity contribution in [3.8, 4) is 0 Å². The van der Waals surface area contributed by atoms with E-state index >= 15 is 0 Å². The maximum Gasteiger partial charge on any atom is 0.272 e. The van der Waals surface area contributed by atoms with Crippen molar-refractivity contribution in [2.45, 2.75) is 18.9 Å². The number of nitrogens with one attached hydrogen (secondary N) is 3. The number of halogens is 1. The standard InChI is InChI=1S/C16H19FN6O2/c17-12-6-2-1-5-11(12)16(24)23-22-15-13(18)14(20-9-21-15)19-8-10-4-3-7-25-10/h1-2,5-6,9-10H,3-4,7-8,18H2,(H,23,24)(H2,19,20,21,22). The number of benzene rings is 1. The molecule has 8 nitrogen and oxygen atoms in total. The van der Waals surface area contributed by atoms with Gasteiger partial charge in [0, 0.05) is 13.2 Å². The maximum absolute atomic E-state index is 13.6. The highest BCUT2D eigenvalue weighted by Crippen LogP contribution is 2.22. The van der Waals surface area contributed by atoms with Gasteiger partial charge in [-0.25, -0.2) is 14.4 Å². The predicted octanol–water partition coefficient (Wildman–Crippen LogP) is 1.55. The summed E-state index contributed by atoms with van der Waals surface area (Å²) in [6.07, 6.45) is 3.47. The summed E-state index contributed by atoms with van der Waals surface area (Å²) in [6, 6.07) is 5.67. The Bertz CT molecular complexity index is 751. The largest absolute Gasteiger partial charge is 0.393 e. The Labute approximate surface area is 144 Å². The zero-order valence-electron chi connectivity index (χ0n) is 13.5. The average molecular weight is 346 g/mol. The summed E-state index contributed by atoms with van der Waals surface area (Å²) in [5, 5.41) is 3.11. The number of ether oxygens (including phenoxy) is 1. The van der Waals surface area contributed by atoms with Gasteiger partial charge >= 0.3 is 0 Å². The summed E-state index contributed by atoms with van der Waals surface area (Å²) in [6.45, 7) is 1.35. The molecule has 0 bridgehead atoms. The first kappa shape index (κ1) is 16.9. The fourth-order valence-corrected chi connectivity index (χ4v) is 2.48. The van der Waals surface area contributed by atoms with Crippen molar-refractivity contribution in [3.63, 3.8) is 0 Å². The zero-order valence-corrected chi connectivity index (χ0v) is 13.5. The van der Waals surface area contributed by atoms with Crippen molar-refractivity contribution in [2.24, 2.45) is 0 Å². The van der Waals surface area contributed by atoms with E-state index in [0.717, 1.165) is 19.4 Å². The number of hydrazine groups is 1. The van der Waals surface area contributed by atoms with Gasteiger partial charge in [0.1, 0.15) is 17.8 Å². The number of rotatable bonds is 6. The number of carbonyl (C=O) groups is 1. The number of aromatic nitrogens is 2. The molecule has 0 saturated carbocycles. The molecule has 132 valence electrons. The monoisotopic (exact) mass is 346 g/mol. The molecule has 25 heavy (non-hydrogen) atoms. The minimum atomic E-state index is -0.634. The Morgan fingerprint density at radius 3 is 2.88 bits per heavy atom. The highest BCUT2D eigenvalue weighted by atomic mass is 19.1. The first-order valence-electron chi connectivity index (χ1n) is 7.92. The molecule has 1 aliphatic heterocycles. The Hall–Kier alpha value is -2.94. The van der Waals surface area contributed by atoms with E-state index in [9.17, 15) is 9.18 Å². The molecular weight excluding hydrogens is 327 g/mol. The minimum Gasteiger partial charge on any atom is -0.393 e. The van der Waals surface area contributed by atoms with Gasteiger partial charge in [-0.3, -0.25) is 15.6 Å². The van der Waals surface area contributed by atoms with E-state index in [0.29, 0.717) is 12.4 Å². The Balaban J connectivity index is 1.61. The van der Waals surface area contributed by atoms with Crippen LogP contribution >= 0.6 is 0 Å². The van der Waals surface area contributed by atoms with Crippen LogP contribution in [0, 0.1) is 5.82 Å². The van der Waals surface area contributed by atoms with Crippen molar-refractivity contribution < 1.29 is 13.9 Å². The molecule has 1 amide bonds. The van der Waals surface area contributed by atoms with E-state index in [1.165, 1.54) is 24.5 Å². The van der Waals surface area contributed by atoms with Crippen molar-refractivity contribution >= 4 is 23.2 Å². The molecule has 0 aliphatic carbocycles. The number of amides is 1. The van der Waals surface area contributed by atoms with Crippen molar-refractivity contribution in [2.75, 3.05) is 29.6 Å². The number of carbonyl (C=O) groups excluding carboxylic acids is 1. The lowest BCUT2D eigenvalue weighted by Gasteiger charge is -2.15. The van der Waals surface area contributed by atoms with Gasteiger partial charge < -0.3 is 15.8 Å². The molecule has 1 aromatic heterocycles. The number of hydrogen-bond donors (Lipinski definition) is 4. The van der Waals surface area contributed by atoms with Crippen LogP contribution in [0.4, 0.5) is 21.7 Å². The number of nitrogens with zero attached hydrogens (tertiary/aromatic N) is 2. The Kier molecular flexibility index (Phi) is 5.24. The van der Waals surface area contributed by atoms with E-state index in [2.05, 4.69) is 26.1 Å². The minimum absolute atomic E-state index is 0.0839. The normalized spacial score (nSPS) is 16.4. The van der Waals surface area contributed by atoms with E-state index in [-0.39, 0.29) is 23.2 Å². The molecule has 1 aromatic carbocycles. The Morgan fingerprint density at radius 1 is 1.32 bits per heavy atom. The molecule has 2 heterocycles. The van der Waals surface area contributed by atoms with Gasteiger partial charge in [-0.15, -0.1) is 0 Å². The molecule has 3 rings (SSSR count). The van der Waals surface area contributed by atoms with Crippen LogP contribution in [0.2, 0.25) is 0 Å². The van der Waals surface area contributed by atoms with Gasteiger partial charge in [0.25, 0.3) is 5.91 Å². The van der Waals surface area contributed by atoms with Crippen LogP contribution < -0.4 is 21.9 Å². The van der Waals surface area contributed by atoms with Gasteiger partial charge in [0.2, 0.25) is 0 Å². The highest BCUT2D eigenvalue weighted by Gasteiger charge is 2.17. The molecule has 1 atom stereocenters. The molecular formula is C16H19FN6O2. The summed E-state index contributed by atoms with van der Waals surface area (Å²) >= 11 is 0. The predicted molar refractivity (Wildman–Crippen MR) is 91.4 cm³/mol. The Morgan fingerprint density at radius 2 is 2.12 bits per heavy atom. The molecule has 1 saturated heterocycles. The van der Waals surface area contributed by atoms with Crippen LogP contribution in [0.15, 0.2) is 30.6 Å². The summed E-state index contributed by atoms with van der Waals surface area (Å²) in [7, 11) is 0. The summed E-state index contributed by atoms with van der Waals surface area (Å²) in [5.41, 5.74) is 11.1. The summed E-state index contributed by atoms with van der Waals surface area (Å²) < 4.78 is 19.1. The van der Waals surface area contributed by atoms with E-state index in [4.69, 9.17) is 10.5 Å². The third-order valence-corrected chi connectivity index (χ3v) is 3.82. The molecule has 0 spiro atoms. The lowest BCUT2D eigenvalue weighted by atomic mass is 10.2. The molecule has 1 unspecified atom stereocenters. The molecule has 2 aromatic rings. The maximum atomic E-state index is 13.6. The molecule has 1 fully saturated rings. The summed E-state index contributed by atoms with van der Waals surface area (Å²) in [5.74, 6) is -0.593. The fraction of sp³-hybridized carbons (Fsp3) is 0.312. The number of anilines is 3. The van der Waals surface area contributed by atoms with Crippen molar-refractivity contribution in [1.29, 1.82) is 0 Å². The lowest BCUT2D eigenvalue weighted by Crippen LogP contribution is -2.31. The second-order valence-electron chi connectivity index (χ2n) is 5.56. The zero-order chi connectivity index (χ0) is 17.6. The lowest BCUT2D eigenvalue weighted by molar-refractivity contribution is 0.0958. The van der Waals surface area contributed by atoms with E-state index < -0.39 is 11.7 Å². The topological polar surface area (TPSA) is 114 Å². The average Bonchev–Trinajstić information content (AvgIpc) is 3.13. The molecule has 1 aliphatic rings. The second-order valence-corrected chi connectivity index (χ2v) is 5.56. The van der Waals surface area contributed by atoms with Crippen molar-refractivity contribution in [1.82, 2.24) is 15.4 Å². The number of nitrogens with two attached hydrogens (primary N) is 1. The summed E-state index contributed by atoms with van der Waals surface area (Å²) in [4.78, 5) is 20.1. The van der Waals surface area contributed by atoms with Gasteiger partial charge in [-0.05, 0) is 25.0 Å². The van der Waals surface area contributed by atoms with Gasteiger partial charge in [0.15, 0.2) is 11.6 Å². The second kappa shape index (κ2) is 7.75. The van der Waals surface area contributed by atoms with Gasteiger partial charge in [-0.1, -0.05) is 12.1 Å². The molecule has 9 heteroatoms. The quantitative estimate of drug-likeness (QED) is 0.587. The SMILES string of the molecule is Nc1c(NCC2CCCO2)ncnc1NNC(=O)c1ccccc1F. The highest BCUT2D eigenvalue weighted by molar-refractivity contribution is 5.95. The van der Waals surface area contributed by atoms with Crippen LogP contribution in [0.1, 0.15) is 23.2 Å². The van der Waals surface area contributed by atoms with Crippen LogP contribution in [0.25, 0.3) is 0 Å². The van der Waals surface area contributed by atoms with Crippen LogP contribution in [0.3, 0.4) is 0 Å². The van der Waals surface area contributed by atoms with Crippen LogP contribution in [-0.4, -0.2) is 35.1 Å². The van der Waals surface area contributed by atoms with E-state index in [1.54, 1.807) is 6.07 Å². The molecule has 5 N–H and O–H groups in total. The third kappa shape index (κ3) is 4.13. The van der Waals surface area contributed by atoms with Gasteiger partial charge in [-0.2, -0.15) is 0 Å². The van der Waals surface area contributed by atoms with Crippen LogP contribution in [0.5, 0.6) is 0 Å². The third-order valence-electron chi connectivity index (χ3n) is 3.82. The van der Waals surface area contributed by atoms with E-state index in [1.807, 2.05) is 0 Å². The molecule has 0 radical (unpaired) electrons. The fourth-order valence-electron chi connectivity index (χ4n) is 2.48. The first-order chi connectivity index (χ1) is 12.1.